The first kappa shape index (κ1) is 24.4. The molecule has 10 nitrogen and oxygen atoms in total. The lowest BCUT2D eigenvalue weighted by Gasteiger charge is -2.47. The standard InChI is InChI=1S/C26H32N4O6/c31-21-6-5-20(23(34)27-21)30-24(35)18-4-3-17(16-19(18)25(30)36)29-14-9-26(10-15-29)7-12-28(13-8-26)11-1-2-22(32)33/h3-4,16,20H,1-2,5-15H2,(H,32,33)(H,27,31,34). The fourth-order valence-corrected chi connectivity index (χ4v) is 6.10. The second-order valence-electron chi connectivity index (χ2n) is 10.5. The number of benzene rings is 1. The fraction of sp³-hybridized carbons (Fsp3) is 0.577. The van der Waals surface area contributed by atoms with Crippen molar-refractivity contribution in [2.24, 2.45) is 5.41 Å². The van der Waals surface area contributed by atoms with E-state index in [9.17, 15) is 24.0 Å². The molecule has 1 aromatic rings. The molecular formula is C26H32N4O6. The number of nitrogens with one attached hydrogen (secondary N) is 1. The summed E-state index contributed by atoms with van der Waals surface area (Å²) >= 11 is 0. The fourth-order valence-electron chi connectivity index (χ4n) is 6.10. The van der Waals surface area contributed by atoms with Crippen LogP contribution in [0, 0.1) is 5.41 Å². The molecule has 3 fully saturated rings. The summed E-state index contributed by atoms with van der Waals surface area (Å²) in [5, 5.41) is 11.1. The number of anilines is 1. The summed E-state index contributed by atoms with van der Waals surface area (Å²) in [5.41, 5.74) is 1.83. The van der Waals surface area contributed by atoms with Gasteiger partial charge in [0.15, 0.2) is 0 Å². The zero-order valence-corrected chi connectivity index (χ0v) is 20.3. The molecule has 2 N–H and O–H groups in total. The summed E-state index contributed by atoms with van der Waals surface area (Å²) in [6.07, 6.45) is 5.51. The van der Waals surface area contributed by atoms with E-state index in [1.807, 2.05) is 6.07 Å². The van der Waals surface area contributed by atoms with Gasteiger partial charge in [-0.3, -0.25) is 34.2 Å². The van der Waals surface area contributed by atoms with Gasteiger partial charge in [0.05, 0.1) is 11.1 Å². The zero-order chi connectivity index (χ0) is 25.4. The Morgan fingerprint density at radius 1 is 0.972 bits per heavy atom. The molecule has 4 aliphatic rings. The van der Waals surface area contributed by atoms with Gasteiger partial charge in [0, 0.05) is 31.6 Å². The van der Waals surface area contributed by atoms with Crippen molar-refractivity contribution in [1.29, 1.82) is 0 Å². The van der Waals surface area contributed by atoms with E-state index in [1.54, 1.807) is 12.1 Å². The van der Waals surface area contributed by atoms with Crippen molar-refractivity contribution >= 4 is 35.3 Å². The average molecular weight is 497 g/mol. The average Bonchev–Trinajstić information content (AvgIpc) is 3.10. The Balaban J connectivity index is 1.20. The molecule has 5 rings (SSSR count). The van der Waals surface area contributed by atoms with Gasteiger partial charge in [0.2, 0.25) is 11.8 Å². The van der Waals surface area contributed by atoms with Crippen LogP contribution in [0.4, 0.5) is 5.69 Å². The van der Waals surface area contributed by atoms with Crippen LogP contribution in [-0.4, -0.2) is 83.3 Å². The molecule has 1 aromatic carbocycles. The van der Waals surface area contributed by atoms with Crippen LogP contribution in [0.3, 0.4) is 0 Å². The van der Waals surface area contributed by atoms with Gasteiger partial charge in [-0.2, -0.15) is 0 Å². The van der Waals surface area contributed by atoms with Crippen LogP contribution < -0.4 is 10.2 Å². The molecule has 192 valence electrons. The van der Waals surface area contributed by atoms with Crippen LogP contribution in [-0.2, 0) is 14.4 Å². The Kier molecular flexibility index (Phi) is 6.55. The van der Waals surface area contributed by atoms with Crippen LogP contribution in [0.1, 0.15) is 72.1 Å². The predicted octanol–water partition coefficient (Wildman–Crippen LogP) is 1.64. The maximum Gasteiger partial charge on any atom is 0.303 e. The Morgan fingerprint density at radius 3 is 2.31 bits per heavy atom. The number of carboxylic acids is 1. The van der Waals surface area contributed by atoms with Gasteiger partial charge in [0.25, 0.3) is 11.8 Å². The maximum atomic E-state index is 13.1. The summed E-state index contributed by atoms with van der Waals surface area (Å²) in [4.78, 5) is 66.2. The lowest BCUT2D eigenvalue weighted by atomic mass is 9.71. The summed E-state index contributed by atoms with van der Waals surface area (Å²) in [7, 11) is 0. The highest BCUT2D eigenvalue weighted by molar-refractivity contribution is 6.23. The zero-order valence-electron chi connectivity index (χ0n) is 20.3. The number of aliphatic carboxylic acids is 1. The predicted molar refractivity (Wildman–Crippen MR) is 130 cm³/mol. The Hall–Kier alpha value is -3.27. The molecule has 10 heteroatoms. The van der Waals surface area contributed by atoms with Gasteiger partial charge in [-0.05, 0) is 81.8 Å². The molecule has 1 unspecified atom stereocenters. The molecule has 36 heavy (non-hydrogen) atoms. The number of hydrogen-bond donors (Lipinski definition) is 2. The molecule has 3 saturated heterocycles. The van der Waals surface area contributed by atoms with E-state index >= 15 is 0 Å². The van der Waals surface area contributed by atoms with E-state index in [4.69, 9.17) is 5.11 Å². The third kappa shape index (κ3) is 4.61. The third-order valence-electron chi connectivity index (χ3n) is 8.39. The van der Waals surface area contributed by atoms with Crippen molar-refractivity contribution in [3.63, 3.8) is 0 Å². The minimum atomic E-state index is -0.955. The molecule has 0 bridgehead atoms. The lowest BCUT2D eigenvalue weighted by Crippen LogP contribution is -2.54. The largest absolute Gasteiger partial charge is 0.481 e. The summed E-state index contributed by atoms with van der Waals surface area (Å²) in [6.45, 7) is 4.59. The van der Waals surface area contributed by atoms with Crippen molar-refractivity contribution in [1.82, 2.24) is 15.1 Å². The maximum absolute atomic E-state index is 13.1. The van der Waals surface area contributed by atoms with Crippen LogP contribution >= 0.6 is 0 Å². The highest BCUT2D eigenvalue weighted by atomic mass is 16.4. The van der Waals surface area contributed by atoms with Gasteiger partial charge in [-0.25, -0.2) is 0 Å². The number of likely N-dealkylation sites (tertiary alicyclic amines) is 1. The number of amides is 4. The normalized spacial score (nSPS) is 24.3. The molecule has 1 spiro atoms. The molecule has 4 amide bonds. The first-order chi connectivity index (χ1) is 17.3. The highest BCUT2D eigenvalue weighted by Crippen LogP contribution is 2.42. The number of piperidine rings is 3. The van der Waals surface area contributed by atoms with Gasteiger partial charge in [0.1, 0.15) is 6.04 Å². The highest BCUT2D eigenvalue weighted by Gasteiger charge is 2.45. The van der Waals surface area contributed by atoms with E-state index in [0.29, 0.717) is 23.0 Å². The number of imide groups is 2. The molecule has 0 aromatic heterocycles. The van der Waals surface area contributed by atoms with Crippen LogP contribution in [0.15, 0.2) is 18.2 Å². The van der Waals surface area contributed by atoms with Gasteiger partial charge < -0.3 is 14.9 Å². The Labute approximate surface area is 209 Å². The SMILES string of the molecule is O=C(O)CCCN1CCC2(CC1)CCN(c1ccc3c(c1)C(=O)N(C1CCC(=O)NC1=O)C3=O)CC2. The van der Waals surface area contributed by atoms with E-state index in [2.05, 4.69) is 15.1 Å². The smallest absolute Gasteiger partial charge is 0.303 e. The van der Waals surface area contributed by atoms with Crippen molar-refractivity contribution in [3.8, 4) is 0 Å². The van der Waals surface area contributed by atoms with Crippen LogP contribution in [0.2, 0.25) is 0 Å². The summed E-state index contributed by atoms with van der Waals surface area (Å²) in [6, 6.07) is 4.37. The van der Waals surface area contributed by atoms with Crippen molar-refractivity contribution in [2.75, 3.05) is 37.6 Å². The Morgan fingerprint density at radius 2 is 1.64 bits per heavy atom. The minimum Gasteiger partial charge on any atom is -0.481 e. The molecule has 0 aliphatic carbocycles. The van der Waals surface area contributed by atoms with Gasteiger partial charge >= 0.3 is 5.97 Å². The Bertz CT molecular complexity index is 1100. The number of nitrogens with zero attached hydrogens (tertiary/aromatic N) is 3. The minimum absolute atomic E-state index is 0.102. The third-order valence-corrected chi connectivity index (χ3v) is 8.39. The van der Waals surface area contributed by atoms with Crippen LogP contribution in [0.25, 0.3) is 0 Å². The summed E-state index contributed by atoms with van der Waals surface area (Å²) in [5.74, 6) is -2.69. The molecule has 1 atom stereocenters. The number of carbonyl (C=O) groups is 5. The second kappa shape index (κ2) is 9.65. The number of carbonyl (C=O) groups excluding carboxylic acids is 4. The lowest BCUT2D eigenvalue weighted by molar-refractivity contribution is -0.138. The second-order valence-corrected chi connectivity index (χ2v) is 10.5. The van der Waals surface area contributed by atoms with Crippen molar-refractivity contribution in [2.45, 2.75) is 57.4 Å². The molecule has 0 radical (unpaired) electrons. The monoisotopic (exact) mass is 496 g/mol. The van der Waals surface area contributed by atoms with Gasteiger partial charge in [-0.15, -0.1) is 0 Å². The molecular weight excluding hydrogens is 464 g/mol. The first-order valence-corrected chi connectivity index (χ1v) is 12.8. The van der Waals surface area contributed by atoms with E-state index in [-0.39, 0.29) is 25.2 Å². The van der Waals surface area contributed by atoms with Gasteiger partial charge in [-0.1, -0.05) is 0 Å². The number of hydrogen-bond acceptors (Lipinski definition) is 7. The number of carboxylic acid groups (broad SMARTS) is 1. The quantitative estimate of drug-likeness (QED) is 0.569. The molecule has 4 aliphatic heterocycles. The van der Waals surface area contributed by atoms with E-state index in [1.165, 1.54) is 0 Å². The summed E-state index contributed by atoms with van der Waals surface area (Å²) < 4.78 is 0. The van der Waals surface area contributed by atoms with Crippen LogP contribution in [0.5, 0.6) is 0 Å². The topological polar surface area (TPSA) is 127 Å². The molecule has 0 saturated carbocycles. The van der Waals surface area contributed by atoms with Crippen molar-refractivity contribution in [3.05, 3.63) is 29.3 Å². The number of rotatable bonds is 6. The van der Waals surface area contributed by atoms with E-state index in [0.717, 1.165) is 69.0 Å². The number of fused-ring (bicyclic) bond motifs is 1. The van der Waals surface area contributed by atoms with E-state index < -0.39 is 29.7 Å². The molecule has 4 heterocycles. The first-order valence-electron chi connectivity index (χ1n) is 12.8. The van der Waals surface area contributed by atoms with Crippen molar-refractivity contribution < 1.29 is 29.1 Å².